The van der Waals surface area contributed by atoms with Gasteiger partial charge in [-0.05, 0) is 49.7 Å². The summed E-state index contributed by atoms with van der Waals surface area (Å²) in [6.45, 7) is 2.06. The number of benzene rings is 1. The monoisotopic (exact) mass is 349 g/mol. The molecule has 2 N–H and O–H groups in total. The van der Waals surface area contributed by atoms with Crippen molar-refractivity contribution in [1.29, 1.82) is 0 Å². The van der Waals surface area contributed by atoms with Crippen molar-refractivity contribution in [3.8, 4) is 11.5 Å². The zero-order valence-electron chi connectivity index (χ0n) is 14.7. The molecular weight excluding hydrogens is 322 g/mol. The molecule has 0 aromatic heterocycles. The summed E-state index contributed by atoms with van der Waals surface area (Å²) in [5, 5.41) is 8.43. The van der Waals surface area contributed by atoms with Crippen molar-refractivity contribution in [2.24, 2.45) is 5.10 Å². The van der Waals surface area contributed by atoms with E-state index in [1.807, 2.05) is 18.2 Å². The first-order chi connectivity index (χ1) is 11.7. The van der Waals surface area contributed by atoms with Crippen LogP contribution in [0.25, 0.3) is 0 Å². The number of rotatable bonds is 6. The Balaban J connectivity index is 2.01. The third-order valence-corrected chi connectivity index (χ3v) is 4.49. The Morgan fingerprint density at radius 3 is 2.50 bits per heavy atom. The number of methoxy groups -OCH3 is 2. The minimum atomic E-state index is 0.472. The van der Waals surface area contributed by atoms with Crippen molar-refractivity contribution in [2.45, 2.75) is 51.5 Å². The van der Waals surface area contributed by atoms with E-state index in [2.05, 4.69) is 22.8 Å². The molecule has 1 saturated carbocycles. The number of nitrogens with zero attached hydrogens (tertiary/aromatic N) is 1. The molecule has 0 saturated heterocycles. The molecule has 0 unspecified atom stereocenters. The molecule has 0 heterocycles. The van der Waals surface area contributed by atoms with Gasteiger partial charge in [-0.3, -0.25) is 5.43 Å². The normalized spacial score (nSPS) is 15.7. The van der Waals surface area contributed by atoms with Crippen molar-refractivity contribution in [3.63, 3.8) is 0 Å². The quantitative estimate of drug-likeness (QED) is 0.467. The lowest BCUT2D eigenvalue weighted by atomic mass is 9.96. The number of hydrazone groups is 1. The second-order valence-corrected chi connectivity index (χ2v) is 6.31. The lowest BCUT2D eigenvalue weighted by molar-refractivity contribution is 0.355. The summed E-state index contributed by atoms with van der Waals surface area (Å²) in [7, 11) is 3.26. The first-order valence-electron chi connectivity index (χ1n) is 8.53. The summed E-state index contributed by atoms with van der Waals surface area (Å²) >= 11 is 5.37. The van der Waals surface area contributed by atoms with Crippen LogP contribution in [-0.2, 0) is 0 Å². The molecule has 0 radical (unpaired) electrons. The summed E-state index contributed by atoms with van der Waals surface area (Å²) in [5.74, 6) is 1.40. The summed E-state index contributed by atoms with van der Waals surface area (Å²) in [5.41, 5.74) is 4.89. The molecule has 1 aromatic carbocycles. The van der Waals surface area contributed by atoms with Gasteiger partial charge < -0.3 is 14.8 Å². The number of nitrogens with one attached hydrogen (secondary N) is 2. The third kappa shape index (κ3) is 5.09. The van der Waals surface area contributed by atoms with Crippen LogP contribution in [0, 0.1) is 0 Å². The molecular formula is C18H27N3O2S. The van der Waals surface area contributed by atoms with Gasteiger partial charge in [-0.1, -0.05) is 26.2 Å². The molecule has 0 spiro atoms. The molecule has 0 amide bonds. The van der Waals surface area contributed by atoms with Gasteiger partial charge in [0, 0.05) is 11.6 Å². The largest absolute Gasteiger partial charge is 0.493 e. The Hall–Kier alpha value is -1.82. The molecule has 2 rings (SSSR count). The molecule has 0 aliphatic heterocycles. The summed E-state index contributed by atoms with van der Waals surface area (Å²) in [4.78, 5) is 0. The summed E-state index contributed by atoms with van der Waals surface area (Å²) < 4.78 is 10.6. The summed E-state index contributed by atoms with van der Waals surface area (Å²) in [6.07, 6.45) is 7.03. The van der Waals surface area contributed by atoms with Gasteiger partial charge in [-0.15, -0.1) is 0 Å². The molecule has 1 aliphatic rings. The fourth-order valence-electron chi connectivity index (χ4n) is 2.95. The Morgan fingerprint density at radius 2 is 1.88 bits per heavy atom. The molecule has 1 aliphatic carbocycles. The summed E-state index contributed by atoms with van der Waals surface area (Å²) in [6, 6.07) is 6.27. The first-order valence-corrected chi connectivity index (χ1v) is 8.94. The van der Waals surface area contributed by atoms with E-state index in [0.29, 0.717) is 22.7 Å². The van der Waals surface area contributed by atoms with Gasteiger partial charge in [-0.25, -0.2) is 0 Å². The fourth-order valence-corrected chi connectivity index (χ4v) is 3.16. The van der Waals surface area contributed by atoms with E-state index >= 15 is 0 Å². The highest BCUT2D eigenvalue weighted by Crippen LogP contribution is 2.28. The van der Waals surface area contributed by atoms with Crippen molar-refractivity contribution in [3.05, 3.63) is 23.8 Å². The highest BCUT2D eigenvalue weighted by atomic mass is 32.1. The highest BCUT2D eigenvalue weighted by Gasteiger charge is 2.14. The second kappa shape index (κ2) is 9.47. The van der Waals surface area contributed by atoms with E-state index in [1.54, 1.807) is 14.2 Å². The maximum Gasteiger partial charge on any atom is 0.187 e. The maximum absolute atomic E-state index is 5.37. The smallest absolute Gasteiger partial charge is 0.187 e. The zero-order valence-corrected chi connectivity index (χ0v) is 15.5. The van der Waals surface area contributed by atoms with Gasteiger partial charge in [0.1, 0.15) is 0 Å². The van der Waals surface area contributed by atoms with E-state index in [4.69, 9.17) is 21.7 Å². The van der Waals surface area contributed by atoms with Crippen LogP contribution in [0.5, 0.6) is 11.5 Å². The predicted molar refractivity (Wildman–Crippen MR) is 102 cm³/mol. The van der Waals surface area contributed by atoms with E-state index in [9.17, 15) is 0 Å². The number of ether oxygens (including phenoxy) is 2. The van der Waals surface area contributed by atoms with Gasteiger partial charge in [0.15, 0.2) is 16.6 Å². The van der Waals surface area contributed by atoms with Gasteiger partial charge in [0.05, 0.1) is 19.9 Å². The number of hydrogen-bond acceptors (Lipinski definition) is 4. The predicted octanol–water partition coefficient (Wildman–Crippen LogP) is 3.61. The third-order valence-electron chi connectivity index (χ3n) is 4.28. The van der Waals surface area contributed by atoms with Crippen LogP contribution in [0.4, 0.5) is 0 Å². The van der Waals surface area contributed by atoms with Crippen LogP contribution in [0.2, 0.25) is 0 Å². The molecule has 0 bridgehead atoms. The van der Waals surface area contributed by atoms with Crippen LogP contribution in [-0.4, -0.2) is 31.1 Å². The first kappa shape index (κ1) is 18.5. The molecule has 0 atom stereocenters. The lowest BCUT2D eigenvalue weighted by Gasteiger charge is -2.23. The Bertz CT molecular complexity index is 584. The van der Waals surface area contributed by atoms with Crippen LogP contribution in [0.3, 0.4) is 0 Å². The van der Waals surface area contributed by atoms with Gasteiger partial charge >= 0.3 is 0 Å². The lowest BCUT2D eigenvalue weighted by Crippen LogP contribution is -2.41. The molecule has 132 valence electrons. The zero-order chi connectivity index (χ0) is 17.4. The SMILES string of the molecule is CC/C(=N/NC(=S)NC1CCCCC1)c1ccc(OC)c(OC)c1. The molecule has 1 aromatic rings. The molecule has 24 heavy (non-hydrogen) atoms. The van der Waals surface area contributed by atoms with Gasteiger partial charge in [0.25, 0.3) is 0 Å². The van der Waals surface area contributed by atoms with Crippen molar-refractivity contribution in [2.75, 3.05) is 14.2 Å². The number of thiocarbonyl (C=S) groups is 1. The molecule has 5 nitrogen and oxygen atoms in total. The minimum absolute atomic E-state index is 0.472. The van der Waals surface area contributed by atoms with Crippen LogP contribution in [0.15, 0.2) is 23.3 Å². The Kier molecular flexibility index (Phi) is 7.31. The molecule has 1 fully saturated rings. The van der Waals surface area contributed by atoms with Crippen LogP contribution in [0.1, 0.15) is 51.0 Å². The van der Waals surface area contributed by atoms with Crippen molar-refractivity contribution >= 4 is 23.0 Å². The van der Waals surface area contributed by atoms with Crippen molar-refractivity contribution < 1.29 is 9.47 Å². The van der Waals surface area contributed by atoms with Gasteiger partial charge in [0.2, 0.25) is 0 Å². The molecule has 6 heteroatoms. The van der Waals surface area contributed by atoms with E-state index in [-0.39, 0.29) is 0 Å². The van der Waals surface area contributed by atoms with Crippen molar-refractivity contribution in [1.82, 2.24) is 10.7 Å². The van der Waals surface area contributed by atoms with Crippen LogP contribution >= 0.6 is 12.2 Å². The van der Waals surface area contributed by atoms with E-state index < -0.39 is 0 Å². The Morgan fingerprint density at radius 1 is 1.17 bits per heavy atom. The second-order valence-electron chi connectivity index (χ2n) is 5.90. The van der Waals surface area contributed by atoms with Crippen LogP contribution < -0.4 is 20.2 Å². The van der Waals surface area contributed by atoms with Gasteiger partial charge in [-0.2, -0.15) is 5.10 Å². The topological polar surface area (TPSA) is 54.9 Å². The van der Waals surface area contributed by atoms with E-state index in [0.717, 1.165) is 17.7 Å². The average molecular weight is 350 g/mol. The Labute approximate surface area is 149 Å². The fraction of sp³-hybridized carbons (Fsp3) is 0.556. The number of hydrogen-bond donors (Lipinski definition) is 2. The average Bonchev–Trinajstić information content (AvgIpc) is 2.62. The van der Waals surface area contributed by atoms with E-state index in [1.165, 1.54) is 32.1 Å². The minimum Gasteiger partial charge on any atom is -0.493 e. The highest BCUT2D eigenvalue weighted by molar-refractivity contribution is 7.80. The standard InChI is InChI=1S/C18H27N3O2S/c1-4-15(13-10-11-16(22-2)17(12-13)23-3)20-21-18(24)19-14-8-6-5-7-9-14/h10-12,14H,4-9H2,1-3H3,(H2,19,21,24)/b20-15-. The maximum atomic E-state index is 5.37.